The molecule has 0 aliphatic carbocycles. The molecule has 0 aromatic carbocycles. The Hall–Kier alpha value is -0.246. The van der Waals surface area contributed by atoms with Gasteiger partial charge in [-0.3, -0.25) is 0 Å². The molecule has 0 aliphatic rings. The first-order chi connectivity index (χ1) is 11.9. The fourth-order valence-electron chi connectivity index (χ4n) is 1.82. The van der Waals surface area contributed by atoms with Crippen LogP contribution in [0.5, 0.6) is 0 Å². The Balaban J connectivity index is 0. The van der Waals surface area contributed by atoms with E-state index < -0.39 is 16.1 Å². The maximum atomic E-state index is 9.51. The van der Waals surface area contributed by atoms with Crippen molar-refractivity contribution in [3.63, 3.8) is 0 Å². The maximum absolute atomic E-state index is 9.51. The molecule has 0 aliphatic heterocycles. The Kier molecular flexibility index (Phi) is 17.0. The first-order valence-electron chi connectivity index (χ1n) is 10.1. The third kappa shape index (κ3) is 23.8. The van der Waals surface area contributed by atoms with Crippen LogP contribution in [0.15, 0.2) is 23.6 Å². The summed E-state index contributed by atoms with van der Waals surface area (Å²) in [6.45, 7) is 20.7. The molecule has 6 heteroatoms. The highest BCUT2D eigenvalue weighted by Gasteiger charge is 2.09. The van der Waals surface area contributed by atoms with Crippen LogP contribution in [0.4, 0.5) is 0 Å². The van der Waals surface area contributed by atoms with Gasteiger partial charge in [-0.15, -0.1) is 0 Å². The van der Waals surface area contributed by atoms with Crippen molar-refractivity contribution < 1.29 is 10.2 Å². The van der Waals surface area contributed by atoms with Crippen molar-refractivity contribution in [1.82, 2.24) is 10.6 Å². The molecule has 0 amide bonds. The van der Waals surface area contributed by atoms with Gasteiger partial charge in [0, 0.05) is 12.6 Å². The van der Waals surface area contributed by atoms with E-state index in [-0.39, 0.29) is 18.8 Å². The third-order valence-electron chi connectivity index (χ3n) is 3.28. The lowest BCUT2D eigenvalue weighted by Gasteiger charge is -2.14. The Morgan fingerprint density at radius 3 is 1.77 bits per heavy atom. The summed E-state index contributed by atoms with van der Waals surface area (Å²) in [5.74, 6) is 0. The molecular weight excluding hydrogens is 356 g/mol. The number of hydrogen-bond acceptors (Lipinski definition) is 4. The number of aliphatic hydroxyl groups is 2. The summed E-state index contributed by atoms with van der Waals surface area (Å²) in [6, 6.07) is 0.145. The topological polar surface area (TPSA) is 64.5 Å². The molecule has 156 valence electrons. The van der Waals surface area contributed by atoms with Crippen molar-refractivity contribution in [3.8, 4) is 0 Å². The van der Waals surface area contributed by atoms with Crippen molar-refractivity contribution >= 4 is 16.1 Å². The highest BCUT2D eigenvalue weighted by Crippen LogP contribution is 2.03. The summed E-state index contributed by atoms with van der Waals surface area (Å²) in [7, 11) is -2.24. The van der Waals surface area contributed by atoms with E-state index >= 15 is 0 Å². The molecule has 2 atom stereocenters. The minimum absolute atomic E-state index is 0.145. The number of aliphatic hydroxyl groups excluding tert-OH is 2. The van der Waals surface area contributed by atoms with Gasteiger partial charge >= 0.3 is 0 Å². The van der Waals surface area contributed by atoms with Gasteiger partial charge in [0.25, 0.3) is 0 Å². The summed E-state index contributed by atoms with van der Waals surface area (Å²) in [5.41, 5.74) is 4.46. The Bertz CT molecular complexity index is 375. The monoisotopic (exact) mass is 402 g/mol. The van der Waals surface area contributed by atoms with Gasteiger partial charge in [-0.25, -0.2) is 0 Å². The summed E-state index contributed by atoms with van der Waals surface area (Å²) in [6.07, 6.45) is 5.94. The normalized spacial score (nSPS) is 15.2. The fourth-order valence-corrected chi connectivity index (χ4v) is 3.43. The molecule has 0 fully saturated rings. The summed E-state index contributed by atoms with van der Waals surface area (Å²) in [4.78, 5) is 0. The van der Waals surface area contributed by atoms with Gasteiger partial charge in [0.05, 0.1) is 28.9 Å². The largest absolute Gasteiger partial charge is 0.394 e. The predicted octanol–water partition coefficient (Wildman–Crippen LogP) is 3.56. The van der Waals surface area contributed by atoms with E-state index in [0.717, 1.165) is 25.9 Å². The van der Waals surface area contributed by atoms with Crippen molar-refractivity contribution in [2.45, 2.75) is 78.1 Å². The van der Waals surface area contributed by atoms with Gasteiger partial charge < -0.3 is 20.8 Å². The Morgan fingerprint density at radius 2 is 1.35 bits per heavy atom. The zero-order chi connectivity index (χ0) is 20.6. The number of hydrogen-bond donors (Lipinski definition) is 4. The van der Waals surface area contributed by atoms with E-state index in [1.807, 2.05) is 6.08 Å². The molecule has 26 heavy (non-hydrogen) atoms. The molecule has 0 spiro atoms. The Labute approximate surface area is 165 Å². The average molecular weight is 403 g/mol. The third-order valence-corrected chi connectivity index (χ3v) is 5.67. The minimum atomic E-state index is -1.14. The Morgan fingerprint density at radius 1 is 0.846 bits per heavy atom. The van der Waals surface area contributed by atoms with E-state index in [9.17, 15) is 5.11 Å². The fraction of sp³-hybridized carbons (Fsp3) is 0.800. The van der Waals surface area contributed by atoms with Crippen molar-refractivity contribution in [3.05, 3.63) is 23.6 Å². The molecule has 0 radical (unpaired) electrons. The summed E-state index contributed by atoms with van der Waals surface area (Å²) >= 11 is 0. The lowest BCUT2D eigenvalue weighted by Crippen LogP contribution is -2.32. The van der Waals surface area contributed by atoms with E-state index in [1.165, 1.54) is 0 Å². The summed E-state index contributed by atoms with van der Waals surface area (Å²) in [5, 5.41) is 25.0. The molecule has 0 aromatic heterocycles. The van der Waals surface area contributed by atoms with E-state index in [1.54, 1.807) is 0 Å². The van der Waals surface area contributed by atoms with Gasteiger partial charge in [0.15, 0.2) is 0 Å². The van der Waals surface area contributed by atoms with Crippen LogP contribution in [-0.4, -0.2) is 64.7 Å². The lowest BCUT2D eigenvalue weighted by molar-refractivity contribution is 0.219. The van der Waals surface area contributed by atoms with E-state index in [4.69, 9.17) is 5.11 Å². The molecule has 0 saturated carbocycles. The van der Waals surface area contributed by atoms with E-state index in [0.29, 0.717) is 6.54 Å². The van der Waals surface area contributed by atoms with Gasteiger partial charge in [-0.1, -0.05) is 76.7 Å². The lowest BCUT2D eigenvalue weighted by atomic mass is 10.3. The van der Waals surface area contributed by atoms with Crippen LogP contribution in [0.3, 0.4) is 0 Å². The zero-order valence-corrected chi connectivity index (χ0v) is 20.6. The van der Waals surface area contributed by atoms with Crippen LogP contribution in [0.25, 0.3) is 0 Å². The van der Waals surface area contributed by atoms with E-state index in [2.05, 4.69) is 81.2 Å². The second-order valence-corrected chi connectivity index (χ2v) is 19.1. The van der Waals surface area contributed by atoms with Crippen molar-refractivity contribution in [1.29, 1.82) is 0 Å². The van der Waals surface area contributed by atoms with Crippen LogP contribution >= 0.6 is 0 Å². The highest BCUT2D eigenvalue weighted by molar-refractivity contribution is 6.81. The van der Waals surface area contributed by atoms with Gasteiger partial charge in [-0.05, 0) is 25.9 Å². The van der Waals surface area contributed by atoms with Crippen LogP contribution in [0.1, 0.15) is 26.7 Å². The molecule has 0 rings (SSSR count). The first kappa shape index (κ1) is 28.0. The van der Waals surface area contributed by atoms with Crippen LogP contribution in [-0.2, 0) is 0 Å². The highest BCUT2D eigenvalue weighted by atomic mass is 28.3. The molecular formula is C20H46N2O2Si2. The quantitative estimate of drug-likeness (QED) is 0.298. The molecule has 0 saturated heterocycles. The van der Waals surface area contributed by atoms with Crippen LogP contribution in [0, 0.1) is 0 Å². The molecule has 4 N–H and O–H groups in total. The van der Waals surface area contributed by atoms with Crippen LogP contribution < -0.4 is 10.6 Å². The molecule has 0 aromatic rings. The first-order valence-corrected chi connectivity index (χ1v) is 17.2. The van der Waals surface area contributed by atoms with Crippen molar-refractivity contribution in [2.75, 3.05) is 26.2 Å². The standard InChI is InChI=1S/2C10H23NOSi/c1-5-7-11-10(9-12)6-8-13(2,3)4;1-5-7-11-9-10(12)6-8-13(2,3)4/h2*6,8,10-12H,5,7,9H2,1-4H3. The molecule has 0 heterocycles. The average Bonchev–Trinajstić information content (AvgIpc) is 2.52. The number of nitrogens with one attached hydrogen (secondary N) is 2. The van der Waals surface area contributed by atoms with Crippen LogP contribution in [0.2, 0.25) is 39.3 Å². The molecule has 0 bridgehead atoms. The van der Waals surface area contributed by atoms with Gasteiger partial charge in [0.2, 0.25) is 0 Å². The smallest absolute Gasteiger partial charge is 0.0841 e. The van der Waals surface area contributed by atoms with Gasteiger partial charge in [0.1, 0.15) is 0 Å². The SMILES string of the molecule is CCCNC(C=C[Si](C)(C)C)CO.CCCNCC(O)C=C[Si](C)(C)C. The second-order valence-electron chi connectivity index (χ2n) is 8.96. The predicted molar refractivity (Wildman–Crippen MR) is 123 cm³/mol. The van der Waals surface area contributed by atoms with Gasteiger partial charge in [-0.2, -0.15) is 0 Å². The molecule has 4 nitrogen and oxygen atoms in total. The minimum Gasteiger partial charge on any atom is -0.394 e. The maximum Gasteiger partial charge on any atom is 0.0841 e. The zero-order valence-electron chi connectivity index (χ0n) is 18.6. The number of rotatable bonds is 12. The molecule has 2 unspecified atom stereocenters. The second kappa shape index (κ2) is 15.8. The van der Waals surface area contributed by atoms with Crippen molar-refractivity contribution in [2.24, 2.45) is 0 Å². The summed E-state index contributed by atoms with van der Waals surface area (Å²) < 4.78 is 0.